The van der Waals surface area contributed by atoms with Gasteiger partial charge >= 0.3 is 5.97 Å². The van der Waals surface area contributed by atoms with E-state index in [1.54, 1.807) is 12.4 Å². The molecule has 4 aromatic rings. The van der Waals surface area contributed by atoms with Gasteiger partial charge in [-0.3, -0.25) is 19.5 Å². The highest BCUT2D eigenvalue weighted by Crippen LogP contribution is 2.32. The molecule has 1 unspecified atom stereocenters. The lowest BCUT2D eigenvalue weighted by molar-refractivity contribution is -0.142. The van der Waals surface area contributed by atoms with Gasteiger partial charge in [0.1, 0.15) is 0 Å². The Kier molecular flexibility index (Phi) is 7.05. The monoisotopic (exact) mass is 479 g/mol. The number of rotatable bonds is 6. The first-order valence-electron chi connectivity index (χ1n) is 12.2. The van der Waals surface area contributed by atoms with Gasteiger partial charge in [-0.25, -0.2) is 0 Å². The Hall–Kier alpha value is -4.03. The van der Waals surface area contributed by atoms with Gasteiger partial charge in [0.25, 0.3) is 5.91 Å². The number of pyridine rings is 1. The SMILES string of the molecule is COC(=O)CC1CN(C(c2ccccc2)c2ccccc2)CCN1C(=O)c1cncc2ccccc12. The van der Waals surface area contributed by atoms with Crippen LogP contribution < -0.4 is 0 Å². The molecular formula is C30H29N3O3. The van der Waals surface area contributed by atoms with E-state index in [1.165, 1.54) is 18.2 Å². The molecule has 1 atom stereocenters. The number of esters is 1. The van der Waals surface area contributed by atoms with Crippen LogP contribution >= 0.6 is 0 Å². The molecule has 2 heterocycles. The van der Waals surface area contributed by atoms with Crippen LogP contribution in [0.3, 0.4) is 0 Å². The number of methoxy groups -OCH3 is 1. The highest BCUT2D eigenvalue weighted by Gasteiger charge is 2.36. The van der Waals surface area contributed by atoms with Crippen molar-refractivity contribution < 1.29 is 14.3 Å². The van der Waals surface area contributed by atoms with Crippen LogP contribution in [0, 0.1) is 0 Å². The molecule has 3 aromatic carbocycles. The molecule has 0 aliphatic carbocycles. The van der Waals surface area contributed by atoms with Crippen molar-refractivity contribution in [2.45, 2.75) is 18.5 Å². The minimum absolute atomic E-state index is 0.0176. The van der Waals surface area contributed by atoms with Crippen molar-refractivity contribution >= 4 is 22.6 Å². The number of nitrogens with zero attached hydrogens (tertiary/aromatic N) is 3. The van der Waals surface area contributed by atoms with Gasteiger partial charge in [0.15, 0.2) is 0 Å². The molecule has 5 rings (SSSR count). The lowest BCUT2D eigenvalue weighted by atomic mass is 9.94. The normalized spacial score (nSPS) is 16.3. The molecule has 1 amide bonds. The second kappa shape index (κ2) is 10.7. The number of fused-ring (bicyclic) bond motifs is 1. The van der Waals surface area contributed by atoms with E-state index in [0.717, 1.165) is 10.8 Å². The predicted molar refractivity (Wildman–Crippen MR) is 140 cm³/mol. The summed E-state index contributed by atoms with van der Waals surface area (Å²) in [6, 6.07) is 28.2. The third-order valence-electron chi connectivity index (χ3n) is 6.90. The van der Waals surface area contributed by atoms with Crippen molar-refractivity contribution in [2.24, 2.45) is 0 Å². The Morgan fingerprint density at radius 1 is 0.889 bits per heavy atom. The molecule has 0 bridgehead atoms. The fourth-order valence-corrected chi connectivity index (χ4v) is 5.16. The summed E-state index contributed by atoms with van der Waals surface area (Å²) in [4.78, 5) is 34.7. The quantitative estimate of drug-likeness (QED) is 0.375. The van der Waals surface area contributed by atoms with Gasteiger partial charge in [-0.1, -0.05) is 84.9 Å². The van der Waals surface area contributed by atoms with E-state index in [2.05, 4.69) is 34.1 Å². The maximum atomic E-state index is 13.8. The van der Waals surface area contributed by atoms with Crippen LogP contribution in [-0.4, -0.2) is 59.4 Å². The standard InChI is InChI=1S/C30H29N3O3/c1-36-28(34)18-25-21-32(29(22-10-4-2-5-11-22)23-12-6-3-7-13-23)16-17-33(25)30(35)27-20-31-19-24-14-8-9-15-26(24)27/h2-15,19-20,25,29H,16-18,21H2,1H3. The molecule has 0 saturated carbocycles. The van der Waals surface area contributed by atoms with Gasteiger partial charge in [0.2, 0.25) is 0 Å². The number of aromatic nitrogens is 1. The summed E-state index contributed by atoms with van der Waals surface area (Å²) >= 11 is 0. The highest BCUT2D eigenvalue weighted by atomic mass is 16.5. The van der Waals surface area contributed by atoms with Gasteiger partial charge in [0, 0.05) is 37.4 Å². The maximum Gasteiger partial charge on any atom is 0.307 e. The van der Waals surface area contributed by atoms with Gasteiger partial charge < -0.3 is 9.64 Å². The number of ether oxygens (including phenoxy) is 1. The molecule has 1 fully saturated rings. The summed E-state index contributed by atoms with van der Waals surface area (Å²) in [5.74, 6) is -0.435. The van der Waals surface area contributed by atoms with Gasteiger partial charge in [-0.05, 0) is 16.5 Å². The van der Waals surface area contributed by atoms with Crippen molar-refractivity contribution in [3.63, 3.8) is 0 Å². The van der Waals surface area contributed by atoms with Crippen LogP contribution in [0.5, 0.6) is 0 Å². The van der Waals surface area contributed by atoms with Crippen LogP contribution in [0.25, 0.3) is 10.8 Å². The molecular weight excluding hydrogens is 450 g/mol. The Balaban J connectivity index is 1.48. The average molecular weight is 480 g/mol. The van der Waals surface area contributed by atoms with Crippen LogP contribution in [0.15, 0.2) is 97.3 Å². The fraction of sp³-hybridized carbons (Fsp3) is 0.233. The number of carbonyl (C=O) groups excluding carboxylic acids is 2. The molecule has 6 heteroatoms. The van der Waals surface area contributed by atoms with E-state index in [4.69, 9.17) is 4.74 Å². The second-order valence-corrected chi connectivity index (χ2v) is 9.06. The summed E-state index contributed by atoms with van der Waals surface area (Å²) in [6.07, 6.45) is 3.52. The van der Waals surface area contributed by atoms with Crippen molar-refractivity contribution in [1.82, 2.24) is 14.8 Å². The number of benzene rings is 3. The fourth-order valence-electron chi connectivity index (χ4n) is 5.16. The first kappa shape index (κ1) is 23.7. The van der Waals surface area contributed by atoms with Crippen molar-refractivity contribution in [2.75, 3.05) is 26.7 Å². The number of hydrogen-bond donors (Lipinski definition) is 0. The lowest BCUT2D eigenvalue weighted by Gasteiger charge is -2.44. The van der Waals surface area contributed by atoms with E-state index in [0.29, 0.717) is 25.2 Å². The molecule has 36 heavy (non-hydrogen) atoms. The Labute approximate surface area is 211 Å². The minimum Gasteiger partial charge on any atom is -0.469 e. The van der Waals surface area contributed by atoms with Crippen LogP contribution in [0.4, 0.5) is 0 Å². The van der Waals surface area contributed by atoms with Crippen LogP contribution in [0.2, 0.25) is 0 Å². The van der Waals surface area contributed by atoms with E-state index in [9.17, 15) is 9.59 Å². The zero-order valence-corrected chi connectivity index (χ0v) is 20.3. The van der Waals surface area contributed by atoms with Gasteiger partial charge in [0.05, 0.1) is 31.2 Å². The summed E-state index contributed by atoms with van der Waals surface area (Å²) in [5.41, 5.74) is 2.91. The summed E-state index contributed by atoms with van der Waals surface area (Å²) in [5, 5.41) is 1.78. The van der Waals surface area contributed by atoms with Gasteiger partial charge in [-0.15, -0.1) is 0 Å². The largest absolute Gasteiger partial charge is 0.469 e. The molecule has 1 aromatic heterocycles. The van der Waals surface area contributed by atoms with Crippen LogP contribution in [0.1, 0.15) is 33.9 Å². The molecule has 1 aliphatic rings. The molecule has 6 nitrogen and oxygen atoms in total. The molecule has 182 valence electrons. The molecule has 0 radical (unpaired) electrons. The Morgan fingerprint density at radius 2 is 1.53 bits per heavy atom. The topological polar surface area (TPSA) is 62.7 Å². The number of amides is 1. The van der Waals surface area contributed by atoms with Crippen LogP contribution in [-0.2, 0) is 9.53 Å². The predicted octanol–water partition coefficient (Wildman–Crippen LogP) is 4.71. The van der Waals surface area contributed by atoms with Crippen molar-refractivity contribution in [3.8, 4) is 0 Å². The minimum atomic E-state index is -0.327. The second-order valence-electron chi connectivity index (χ2n) is 9.06. The van der Waals surface area contributed by atoms with E-state index >= 15 is 0 Å². The first-order valence-corrected chi connectivity index (χ1v) is 12.2. The molecule has 0 N–H and O–H groups in total. The molecule has 1 aliphatic heterocycles. The summed E-state index contributed by atoms with van der Waals surface area (Å²) in [6.45, 7) is 1.73. The van der Waals surface area contributed by atoms with Gasteiger partial charge in [-0.2, -0.15) is 0 Å². The maximum absolute atomic E-state index is 13.8. The number of carbonyl (C=O) groups is 2. The molecule has 0 spiro atoms. The number of piperazine rings is 1. The first-order chi connectivity index (χ1) is 17.7. The lowest BCUT2D eigenvalue weighted by Crippen LogP contribution is -2.56. The molecule has 1 saturated heterocycles. The smallest absolute Gasteiger partial charge is 0.307 e. The zero-order chi connectivity index (χ0) is 24.9. The highest BCUT2D eigenvalue weighted by molar-refractivity contribution is 6.06. The Morgan fingerprint density at radius 3 is 2.19 bits per heavy atom. The Bertz CT molecular complexity index is 1300. The van der Waals surface area contributed by atoms with Crippen molar-refractivity contribution in [3.05, 3.63) is 114 Å². The number of hydrogen-bond acceptors (Lipinski definition) is 5. The van der Waals surface area contributed by atoms with E-state index in [1.807, 2.05) is 65.6 Å². The zero-order valence-electron chi connectivity index (χ0n) is 20.3. The third-order valence-corrected chi connectivity index (χ3v) is 6.90. The van der Waals surface area contributed by atoms with E-state index < -0.39 is 0 Å². The summed E-state index contributed by atoms with van der Waals surface area (Å²) < 4.78 is 5.01. The van der Waals surface area contributed by atoms with Crippen molar-refractivity contribution in [1.29, 1.82) is 0 Å². The average Bonchev–Trinajstić information content (AvgIpc) is 2.94. The van der Waals surface area contributed by atoms with E-state index in [-0.39, 0.29) is 30.4 Å². The third kappa shape index (κ3) is 4.86. The summed E-state index contributed by atoms with van der Waals surface area (Å²) in [7, 11) is 1.39.